The molecule has 27 heavy (non-hydrogen) atoms. The van der Waals surface area contributed by atoms with Gasteiger partial charge < -0.3 is 14.8 Å². The van der Waals surface area contributed by atoms with Gasteiger partial charge in [0.15, 0.2) is 11.6 Å². The van der Waals surface area contributed by atoms with Crippen LogP contribution in [0.3, 0.4) is 0 Å². The first-order valence-electron chi connectivity index (χ1n) is 8.45. The summed E-state index contributed by atoms with van der Waals surface area (Å²) in [5, 5.41) is 4.35. The van der Waals surface area contributed by atoms with Crippen LogP contribution in [-0.2, 0) is 0 Å². The minimum atomic E-state index is -0.475. The lowest BCUT2D eigenvalue weighted by atomic mass is 10.2. The zero-order valence-electron chi connectivity index (χ0n) is 14.6. The zero-order valence-corrected chi connectivity index (χ0v) is 14.6. The van der Waals surface area contributed by atoms with Crippen LogP contribution in [0.2, 0.25) is 0 Å². The first-order chi connectivity index (χ1) is 13.2. The number of hydrogen-bond acceptors (Lipinski definition) is 4. The van der Waals surface area contributed by atoms with Crippen molar-refractivity contribution in [2.75, 3.05) is 12.4 Å². The molecule has 0 amide bonds. The van der Waals surface area contributed by atoms with Crippen LogP contribution >= 0.6 is 0 Å². The highest BCUT2D eigenvalue weighted by molar-refractivity contribution is 5.80. The molecule has 3 aromatic carbocycles. The first-order valence-corrected chi connectivity index (χ1v) is 8.45. The molecule has 4 aromatic rings. The number of benzene rings is 3. The maximum atomic E-state index is 14.0. The highest BCUT2D eigenvalue weighted by Crippen LogP contribution is 2.28. The van der Waals surface area contributed by atoms with E-state index in [1.807, 2.05) is 48.5 Å². The van der Waals surface area contributed by atoms with Gasteiger partial charge in [-0.1, -0.05) is 18.2 Å². The summed E-state index contributed by atoms with van der Waals surface area (Å²) < 4.78 is 24.6. The Bertz CT molecular complexity index is 1080. The monoisotopic (exact) mass is 360 g/mol. The molecule has 4 nitrogen and oxygen atoms in total. The van der Waals surface area contributed by atoms with Crippen molar-refractivity contribution in [2.24, 2.45) is 0 Å². The molecular weight excluding hydrogens is 343 g/mol. The summed E-state index contributed by atoms with van der Waals surface area (Å²) in [6, 6.07) is 23.6. The molecule has 0 bridgehead atoms. The van der Waals surface area contributed by atoms with E-state index in [2.05, 4.69) is 10.3 Å². The lowest BCUT2D eigenvalue weighted by molar-refractivity contribution is 0.402. The number of fused-ring (bicyclic) bond motifs is 1. The average molecular weight is 360 g/mol. The van der Waals surface area contributed by atoms with E-state index in [-0.39, 0.29) is 5.75 Å². The fraction of sp³-hybridized carbons (Fsp3) is 0.0455. The first kappa shape index (κ1) is 16.8. The van der Waals surface area contributed by atoms with Crippen molar-refractivity contribution in [3.8, 4) is 17.2 Å². The third-order valence-electron chi connectivity index (χ3n) is 4.09. The van der Waals surface area contributed by atoms with Gasteiger partial charge in [-0.2, -0.15) is 0 Å². The third kappa shape index (κ3) is 3.82. The van der Waals surface area contributed by atoms with Crippen LogP contribution in [0.25, 0.3) is 10.9 Å². The standard InChI is InChI=1S/C22H17FN2O2/c1-26-18-11-12-21(19(23)14-18)27-17-9-7-16(8-10-17)24-22-13-6-15-4-2-3-5-20(15)25-22/h2-14H,1H3,(H,24,25). The molecule has 0 aliphatic heterocycles. The maximum Gasteiger partial charge on any atom is 0.169 e. The van der Waals surface area contributed by atoms with Crippen LogP contribution in [0.4, 0.5) is 15.9 Å². The lowest BCUT2D eigenvalue weighted by Crippen LogP contribution is -1.94. The highest BCUT2D eigenvalue weighted by atomic mass is 19.1. The van der Waals surface area contributed by atoms with Gasteiger partial charge in [-0.15, -0.1) is 0 Å². The number of anilines is 2. The Balaban J connectivity index is 1.48. The molecule has 0 aliphatic carbocycles. The van der Waals surface area contributed by atoms with Gasteiger partial charge in [-0.3, -0.25) is 0 Å². The van der Waals surface area contributed by atoms with Crippen LogP contribution in [0, 0.1) is 5.82 Å². The quantitative estimate of drug-likeness (QED) is 0.480. The van der Waals surface area contributed by atoms with Gasteiger partial charge in [0.05, 0.1) is 12.6 Å². The predicted octanol–water partition coefficient (Wildman–Crippen LogP) is 5.92. The predicted molar refractivity (Wildman–Crippen MR) is 104 cm³/mol. The van der Waals surface area contributed by atoms with Crippen molar-refractivity contribution in [3.63, 3.8) is 0 Å². The van der Waals surface area contributed by atoms with E-state index in [0.29, 0.717) is 11.5 Å². The summed E-state index contributed by atoms with van der Waals surface area (Å²) in [7, 11) is 1.49. The molecule has 134 valence electrons. The molecule has 0 saturated heterocycles. The van der Waals surface area contributed by atoms with Crippen LogP contribution < -0.4 is 14.8 Å². The van der Waals surface area contributed by atoms with E-state index >= 15 is 0 Å². The molecule has 0 unspecified atom stereocenters. The van der Waals surface area contributed by atoms with Crippen molar-refractivity contribution < 1.29 is 13.9 Å². The summed E-state index contributed by atoms with van der Waals surface area (Å²) in [4.78, 5) is 4.58. The second kappa shape index (κ2) is 7.33. The summed E-state index contributed by atoms with van der Waals surface area (Å²) in [5.41, 5.74) is 1.79. The smallest absolute Gasteiger partial charge is 0.169 e. The van der Waals surface area contributed by atoms with Crippen molar-refractivity contribution in [3.05, 3.63) is 84.7 Å². The number of nitrogens with zero attached hydrogens (tertiary/aromatic N) is 1. The Hall–Kier alpha value is -3.60. The van der Waals surface area contributed by atoms with E-state index in [1.165, 1.54) is 13.2 Å². The fourth-order valence-electron chi connectivity index (χ4n) is 2.71. The van der Waals surface area contributed by atoms with E-state index in [4.69, 9.17) is 9.47 Å². The number of ether oxygens (including phenoxy) is 2. The van der Waals surface area contributed by atoms with Crippen molar-refractivity contribution >= 4 is 22.4 Å². The molecule has 5 heteroatoms. The minimum Gasteiger partial charge on any atom is -0.497 e. The summed E-state index contributed by atoms with van der Waals surface area (Å²) >= 11 is 0. The Kier molecular flexibility index (Phi) is 4.58. The van der Waals surface area contributed by atoms with Gasteiger partial charge in [0.25, 0.3) is 0 Å². The van der Waals surface area contributed by atoms with Crippen LogP contribution in [0.1, 0.15) is 0 Å². The number of pyridine rings is 1. The molecule has 1 aromatic heterocycles. The SMILES string of the molecule is COc1ccc(Oc2ccc(Nc3ccc4ccccc4n3)cc2)c(F)c1. The lowest BCUT2D eigenvalue weighted by Gasteiger charge is -2.10. The maximum absolute atomic E-state index is 14.0. The second-order valence-electron chi connectivity index (χ2n) is 5.94. The van der Waals surface area contributed by atoms with Crippen LogP contribution in [0.15, 0.2) is 78.9 Å². The van der Waals surface area contributed by atoms with Crippen LogP contribution in [0.5, 0.6) is 17.2 Å². The highest BCUT2D eigenvalue weighted by Gasteiger charge is 2.07. The van der Waals surface area contributed by atoms with E-state index in [9.17, 15) is 4.39 Å². The zero-order chi connectivity index (χ0) is 18.6. The van der Waals surface area contributed by atoms with Gasteiger partial charge >= 0.3 is 0 Å². The summed E-state index contributed by atoms with van der Waals surface area (Å²) in [5.74, 6) is 1.41. The Morgan fingerprint density at radius 1 is 0.852 bits per heavy atom. The van der Waals surface area contributed by atoms with Gasteiger partial charge in [-0.05, 0) is 54.6 Å². The number of methoxy groups -OCH3 is 1. The molecular formula is C22H17FN2O2. The number of para-hydroxylation sites is 1. The molecule has 0 fully saturated rings. The molecule has 0 aliphatic rings. The largest absolute Gasteiger partial charge is 0.497 e. The number of halogens is 1. The van der Waals surface area contributed by atoms with Crippen LogP contribution in [-0.4, -0.2) is 12.1 Å². The second-order valence-corrected chi connectivity index (χ2v) is 5.94. The number of rotatable bonds is 5. The number of aromatic nitrogens is 1. The van der Waals surface area contributed by atoms with Crippen molar-refractivity contribution in [2.45, 2.75) is 0 Å². The topological polar surface area (TPSA) is 43.4 Å². The molecule has 4 rings (SSSR count). The van der Waals surface area contributed by atoms with E-state index in [1.54, 1.807) is 24.3 Å². The molecule has 1 heterocycles. The normalized spacial score (nSPS) is 10.6. The summed E-state index contributed by atoms with van der Waals surface area (Å²) in [6.45, 7) is 0. The molecule has 0 radical (unpaired) electrons. The Morgan fingerprint density at radius 2 is 1.63 bits per heavy atom. The van der Waals surface area contributed by atoms with Gasteiger partial charge in [0.1, 0.15) is 17.3 Å². The van der Waals surface area contributed by atoms with Gasteiger partial charge in [-0.25, -0.2) is 9.37 Å². The Labute approximate surface area is 156 Å². The van der Waals surface area contributed by atoms with Gasteiger partial charge in [0, 0.05) is 17.1 Å². The number of nitrogens with one attached hydrogen (secondary N) is 1. The minimum absolute atomic E-state index is 0.146. The van der Waals surface area contributed by atoms with Crippen molar-refractivity contribution in [1.29, 1.82) is 0 Å². The number of hydrogen-bond donors (Lipinski definition) is 1. The molecule has 0 atom stereocenters. The molecule has 1 N–H and O–H groups in total. The fourth-order valence-corrected chi connectivity index (χ4v) is 2.71. The molecule has 0 spiro atoms. The van der Waals surface area contributed by atoms with Gasteiger partial charge in [0.2, 0.25) is 0 Å². The van der Waals surface area contributed by atoms with Crippen molar-refractivity contribution in [1.82, 2.24) is 4.98 Å². The third-order valence-corrected chi connectivity index (χ3v) is 4.09. The van der Waals surface area contributed by atoms with E-state index < -0.39 is 5.82 Å². The van der Waals surface area contributed by atoms with E-state index in [0.717, 1.165) is 22.4 Å². The average Bonchev–Trinajstić information content (AvgIpc) is 2.71. The summed E-state index contributed by atoms with van der Waals surface area (Å²) in [6.07, 6.45) is 0. The molecule has 0 saturated carbocycles. The Morgan fingerprint density at radius 3 is 2.41 bits per heavy atom.